The summed E-state index contributed by atoms with van der Waals surface area (Å²) in [5, 5.41) is 21.2. The monoisotopic (exact) mass is 704 g/mol. The molecule has 0 bridgehead atoms. The Morgan fingerprint density at radius 1 is 0.918 bits per heavy atom. The van der Waals surface area contributed by atoms with E-state index >= 15 is 0 Å². The molecule has 0 fully saturated rings. The standard InChI is InChI=1S/C31H26F10N6O2/c1-16-8-22-25(47(28-42-44-45(2)43-28)15-18-9-19(29(33,34)35)12-20(10-18)30(36,37)38)4-3-7-46(26(22)13-23(16)31(39,40)41)14-17-5-6-24(32)21(11-17)27(48)49/h5-6,8-13,25H,3-4,7,14-15H2,1-2H3,(H,48,49). The van der Waals surface area contributed by atoms with Crippen molar-refractivity contribution in [1.82, 2.24) is 20.2 Å². The molecule has 1 unspecified atom stereocenters. The second-order valence-corrected chi connectivity index (χ2v) is 11.5. The maximum atomic E-state index is 14.2. The number of nitrogens with zero attached hydrogens (tertiary/aromatic N) is 6. The Kier molecular flexibility index (Phi) is 9.29. The number of fused-ring (bicyclic) bond motifs is 1. The van der Waals surface area contributed by atoms with Crippen LogP contribution >= 0.6 is 0 Å². The molecule has 1 aromatic heterocycles. The van der Waals surface area contributed by atoms with Gasteiger partial charge in [0.25, 0.3) is 5.95 Å². The lowest BCUT2D eigenvalue weighted by atomic mass is 9.94. The molecule has 8 nitrogen and oxygen atoms in total. The molecule has 0 radical (unpaired) electrons. The van der Waals surface area contributed by atoms with E-state index in [1.54, 1.807) is 0 Å². The zero-order valence-corrected chi connectivity index (χ0v) is 25.6. The van der Waals surface area contributed by atoms with E-state index in [0.717, 1.165) is 23.0 Å². The molecule has 1 aliphatic rings. The van der Waals surface area contributed by atoms with Crippen LogP contribution < -0.4 is 9.80 Å². The number of aryl methyl sites for hydroxylation is 2. The fourth-order valence-electron chi connectivity index (χ4n) is 5.88. The molecule has 0 saturated carbocycles. The molecule has 0 amide bonds. The third kappa shape index (κ3) is 7.72. The molecule has 0 aliphatic carbocycles. The van der Waals surface area contributed by atoms with Crippen LogP contribution in [0.4, 0.5) is 55.5 Å². The fraction of sp³-hybridized carbons (Fsp3) is 0.355. The van der Waals surface area contributed by atoms with Gasteiger partial charge in [0, 0.05) is 25.3 Å². The van der Waals surface area contributed by atoms with Crippen LogP contribution in [0.3, 0.4) is 0 Å². The second-order valence-electron chi connectivity index (χ2n) is 11.5. The Morgan fingerprint density at radius 3 is 2.12 bits per heavy atom. The second kappa shape index (κ2) is 12.9. The predicted octanol–water partition coefficient (Wildman–Crippen LogP) is 7.96. The summed E-state index contributed by atoms with van der Waals surface area (Å²) in [6.45, 7) is 0.518. The number of halogens is 10. The number of aromatic carboxylic acids is 1. The van der Waals surface area contributed by atoms with Gasteiger partial charge in [0.1, 0.15) is 5.82 Å². The molecule has 3 aromatic carbocycles. The molecule has 0 saturated heterocycles. The molecule has 49 heavy (non-hydrogen) atoms. The predicted molar refractivity (Wildman–Crippen MR) is 154 cm³/mol. The lowest BCUT2D eigenvalue weighted by Crippen LogP contribution is -2.30. The van der Waals surface area contributed by atoms with E-state index in [1.807, 2.05) is 0 Å². The Labute approximate surface area is 271 Å². The number of carboxylic acids is 1. The first kappa shape index (κ1) is 35.4. The van der Waals surface area contributed by atoms with Crippen molar-refractivity contribution >= 4 is 17.6 Å². The maximum Gasteiger partial charge on any atom is 0.416 e. The zero-order chi connectivity index (χ0) is 36.1. The summed E-state index contributed by atoms with van der Waals surface area (Å²) in [6.07, 6.45) is -14.7. The highest BCUT2D eigenvalue weighted by molar-refractivity contribution is 5.88. The van der Waals surface area contributed by atoms with Crippen LogP contribution in [0, 0.1) is 12.7 Å². The fourth-order valence-corrected chi connectivity index (χ4v) is 5.88. The highest BCUT2D eigenvalue weighted by Gasteiger charge is 2.39. The largest absolute Gasteiger partial charge is 0.478 e. The third-order valence-corrected chi connectivity index (χ3v) is 8.05. The van der Waals surface area contributed by atoms with Gasteiger partial charge < -0.3 is 14.9 Å². The zero-order valence-electron chi connectivity index (χ0n) is 25.6. The van der Waals surface area contributed by atoms with Crippen molar-refractivity contribution in [2.45, 2.75) is 57.4 Å². The first-order valence-corrected chi connectivity index (χ1v) is 14.5. The van der Waals surface area contributed by atoms with Crippen molar-refractivity contribution in [1.29, 1.82) is 0 Å². The molecule has 5 rings (SSSR count). The number of rotatable bonds is 7. The van der Waals surface area contributed by atoms with Crippen molar-refractivity contribution < 1.29 is 53.8 Å². The van der Waals surface area contributed by atoms with E-state index in [0.29, 0.717) is 12.1 Å². The average Bonchev–Trinajstić information content (AvgIpc) is 3.35. The Hall–Kier alpha value is -4.90. The Bertz CT molecular complexity index is 1840. The minimum atomic E-state index is -5.13. The Balaban J connectivity index is 1.67. The first-order chi connectivity index (χ1) is 22.7. The van der Waals surface area contributed by atoms with Crippen LogP contribution in [0.1, 0.15) is 68.2 Å². The molecule has 18 heteroatoms. The molecule has 1 atom stereocenters. The number of hydrogen-bond acceptors (Lipinski definition) is 6. The van der Waals surface area contributed by atoms with Gasteiger partial charge in [-0.15, -0.1) is 5.10 Å². The van der Waals surface area contributed by atoms with E-state index in [4.69, 9.17) is 0 Å². The number of aromatic nitrogens is 4. The normalized spacial score (nSPS) is 15.6. The third-order valence-electron chi connectivity index (χ3n) is 8.05. The maximum absolute atomic E-state index is 14.2. The average molecular weight is 705 g/mol. The van der Waals surface area contributed by atoms with Gasteiger partial charge in [-0.3, -0.25) is 0 Å². The quantitative estimate of drug-likeness (QED) is 0.196. The Morgan fingerprint density at radius 2 is 1.57 bits per heavy atom. The highest BCUT2D eigenvalue weighted by atomic mass is 19.4. The molecule has 4 aromatic rings. The lowest BCUT2D eigenvalue weighted by molar-refractivity contribution is -0.143. The number of benzene rings is 3. The first-order valence-electron chi connectivity index (χ1n) is 14.5. The van der Waals surface area contributed by atoms with E-state index in [1.165, 1.54) is 35.9 Å². The summed E-state index contributed by atoms with van der Waals surface area (Å²) in [6, 6.07) is 5.48. The summed E-state index contributed by atoms with van der Waals surface area (Å²) in [5.74, 6) is -2.78. The van der Waals surface area contributed by atoms with Gasteiger partial charge in [-0.2, -0.15) is 44.3 Å². The van der Waals surface area contributed by atoms with Gasteiger partial charge in [-0.25, -0.2) is 9.18 Å². The van der Waals surface area contributed by atoms with Gasteiger partial charge in [0.15, 0.2) is 0 Å². The summed E-state index contributed by atoms with van der Waals surface area (Å²) < 4.78 is 139. The summed E-state index contributed by atoms with van der Waals surface area (Å²) in [7, 11) is 1.37. The van der Waals surface area contributed by atoms with E-state index in [9.17, 15) is 53.8 Å². The van der Waals surface area contributed by atoms with E-state index in [2.05, 4.69) is 15.4 Å². The SMILES string of the molecule is Cc1cc2c(cc1C(F)(F)F)N(Cc1ccc(F)c(C(=O)O)c1)CCCC2N(Cc1cc(C(F)(F)F)cc(C(F)(F)F)c1)c1nnn(C)n1. The van der Waals surface area contributed by atoms with Gasteiger partial charge in [0.05, 0.1) is 35.3 Å². The number of hydrogen-bond donors (Lipinski definition) is 1. The van der Waals surface area contributed by atoms with Crippen LogP contribution in [0.25, 0.3) is 0 Å². The van der Waals surface area contributed by atoms with Gasteiger partial charge in [-0.1, -0.05) is 17.2 Å². The van der Waals surface area contributed by atoms with Crippen LogP contribution in [0.2, 0.25) is 0 Å². The van der Waals surface area contributed by atoms with Crippen molar-refractivity contribution in [2.24, 2.45) is 7.05 Å². The van der Waals surface area contributed by atoms with Crippen LogP contribution in [0.15, 0.2) is 48.5 Å². The van der Waals surface area contributed by atoms with Crippen LogP contribution in [-0.2, 0) is 38.7 Å². The van der Waals surface area contributed by atoms with Gasteiger partial charge >= 0.3 is 24.5 Å². The van der Waals surface area contributed by atoms with Gasteiger partial charge in [-0.05, 0) is 83.6 Å². The van der Waals surface area contributed by atoms with Crippen LogP contribution in [-0.4, -0.2) is 37.8 Å². The van der Waals surface area contributed by atoms with E-state index in [-0.39, 0.29) is 60.3 Å². The van der Waals surface area contributed by atoms with Crippen molar-refractivity contribution in [3.05, 3.63) is 98.9 Å². The number of carboxylic acid groups (broad SMARTS) is 1. The minimum Gasteiger partial charge on any atom is -0.478 e. The summed E-state index contributed by atoms with van der Waals surface area (Å²) in [5.41, 5.74) is -4.90. The topological polar surface area (TPSA) is 87.4 Å². The summed E-state index contributed by atoms with van der Waals surface area (Å²) in [4.78, 5) is 15.4. The van der Waals surface area contributed by atoms with Gasteiger partial charge in [0.2, 0.25) is 0 Å². The summed E-state index contributed by atoms with van der Waals surface area (Å²) >= 11 is 0. The van der Waals surface area contributed by atoms with E-state index < -0.39 is 70.7 Å². The number of tetrazole rings is 1. The molecular formula is C31H26F10N6O2. The molecule has 0 spiro atoms. The molecule has 1 aliphatic heterocycles. The molecular weight excluding hydrogens is 678 g/mol. The number of anilines is 2. The van der Waals surface area contributed by atoms with Crippen LogP contribution in [0.5, 0.6) is 0 Å². The minimum absolute atomic E-state index is 0.00976. The van der Waals surface area contributed by atoms with Crippen molar-refractivity contribution in [2.75, 3.05) is 16.3 Å². The molecule has 1 N–H and O–H groups in total. The van der Waals surface area contributed by atoms with Crippen molar-refractivity contribution in [3.8, 4) is 0 Å². The highest BCUT2D eigenvalue weighted by Crippen LogP contribution is 2.44. The lowest BCUT2D eigenvalue weighted by Gasteiger charge is -2.33. The molecule has 2 heterocycles. The smallest absolute Gasteiger partial charge is 0.416 e. The van der Waals surface area contributed by atoms with Crippen molar-refractivity contribution in [3.63, 3.8) is 0 Å². The molecule has 262 valence electrons. The number of alkyl halides is 9. The number of carbonyl (C=O) groups is 1.